The molecule has 0 aromatic heterocycles. The summed E-state index contributed by atoms with van der Waals surface area (Å²) >= 11 is 0. The van der Waals surface area contributed by atoms with Gasteiger partial charge in [0.15, 0.2) is 0 Å². The van der Waals surface area contributed by atoms with Crippen molar-refractivity contribution in [3.05, 3.63) is 47.3 Å². The van der Waals surface area contributed by atoms with Crippen LogP contribution in [0.25, 0.3) is 0 Å². The van der Waals surface area contributed by atoms with Crippen LogP contribution < -0.4 is 5.73 Å². The van der Waals surface area contributed by atoms with Crippen molar-refractivity contribution in [1.82, 2.24) is 0 Å². The number of allylic oxidation sites excluding steroid dienone is 1. The van der Waals surface area contributed by atoms with Gasteiger partial charge in [0.25, 0.3) is 0 Å². The normalized spacial score (nSPS) is 11.8. The molecule has 2 N–H and O–H groups in total. The third-order valence-electron chi connectivity index (χ3n) is 2.09. The molecule has 0 saturated carbocycles. The highest BCUT2D eigenvalue weighted by molar-refractivity contribution is 5.22. The van der Waals surface area contributed by atoms with Gasteiger partial charge >= 0.3 is 0 Å². The molecular formula is C12H16FN. The van der Waals surface area contributed by atoms with Crippen molar-refractivity contribution in [2.24, 2.45) is 5.73 Å². The van der Waals surface area contributed by atoms with Gasteiger partial charge in [-0.25, -0.2) is 4.39 Å². The third-order valence-corrected chi connectivity index (χ3v) is 2.09. The summed E-state index contributed by atoms with van der Waals surface area (Å²) in [5.41, 5.74) is 7.30. The zero-order valence-electron chi connectivity index (χ0n) is 8.46. The van der Waals surface area contributed by atoms with Gasteiger partial charge in [-0.1, -0.05) is 29.8 Å². The molecule has 1 rings (SSSR count). The van der Waals surface area contributed by atoms with Crippen molar-refractivity contribution in [2.75, 3.05) is 6.54 Å². The summed E-state index contributed by atoms with van der Waals surface area (Å²) in [6.45, 7) is 2.65. The summed E-state index contributed by atoms with van der Waals surface area (Å²) in [7, 11) is 0. The van der Waals surface area contributed by atoms with Crippen molar-refractivity contribution < 1.29 is 4.39 Å². The van der Waals surface area contributed by atoms with E-state index in [4.69, 9.17) is 5.73 Å². The zero-order chi connectivity index (χ0) is 10.4. The maximum Gasteiger partial charge on any atom is 0.126 e. The second-order valence-corrected chi connectivity index (χ2v) is 3.40. The topological polar surface area (TPSA) is 26.0 Å². The molecule has 0 saturated heterocycles. The minimum absolute atomic E-state index is 0.131. The summed E-state index contributed by atoms with van der Waals surface area (Å²) in [5.74, 6) is -0.131. The lowest BCUT2D eigenvalue weighted by Gasteiger charge is -2.03. The SMILES string of the molecule is CC(=CCCN)Cc1ccccc1F. The summed E-state index contributed by atoms with van der Waals surface area (Å²) in [6, 6.07) is 6.87. The van der Waals surface area contributed by atoms with Crippen LogP contribution >= 0.6 is 0 Å². The number of hydrogen-bond acceptors (Lipinski definition) is 1. The van der Waals surface area contributed by atoms with Gasteiger partial charge in [0, 0.05) is 0 Å². The summed E-state index contributed by atoms with van der Waals surface area (Å²) in [4.78, 5) is 0. The molecule has 0 aliphatic rings. The molecule has 0 fully saturated rings. The molecule has 0 amide bonds. The predicted octanol–water partition coefficient (Wildman–Crippen LogP) is 2.66. The molecule has 0 heterocycles. The largest absolute Gasteiger partial charge is 0.330 e. The Morgan fingerprint density at radius 1 is 1.43 bits per heavy atom. The smallest absolute Gasteiger partial charge is 0.126 e. The molecule has 0 bridgehead atoms. The van der Waals surface area contributed by atoms with Gasteiger partial charge in [-0.15, -0.1) is 0 Å². The van der Waals surface area contributed by atoms with E-state index in [1.165, 1.54) is 11.6 Å². The van der Waals surface area contributed by atoms with Crippen molar-refractivity contribution in [1.29, 1.82) is 0 Å². The van der Waals surface area contributed by atoms with Gasteiger partial charge in [-0.05, 0) is 37.9 Å². The molecule has 0 spiro atoms. The van der Waals surface area contributed by atoms with E-state index in [2.05, 4.69) is 6.08 Å². The lowest BCUT2D eigenvalue weighted by molar-refractivity contribution is 0.613. The lowest BCUT2D eigenvalue weighted by Crippen LogP contribution is -1.97. The second kappa shape index (κ2) is 5.55. The van der Waals surface area contributed by atoms with E-state index in [-0.39, 0.29) is 5.82 Å². The van der Waals surface area contributed by atoms with Gasteiger partial charge in [0.2, 0.25) is 0 Å². The Labute approximate surface area is 84.4 Å². The quantitative estimate of drug-likeness (QED) is 0.731. The third kappa shape index (κ3) is 3.30. The van der Waals surface area contributed by atoms with E-state index in [0.717, 1.165) is 12.0 Å². The standard InChI is InChI=1S/C12H16FN/c1-10(5-4-8-14)9-11-6-2-3-7-12(11)13/h2-3,5-7H,4,8-9,14H2,1H3. The van der Waals surface area contributed by atoms with Crippen LogP contribution in [0.5, 0.6) is 0 Å². The molecule has 0 radical (unpaired) electrons. The van der Waals surface area contributed by atoms with Crippen LogP contribution in [0, 0.1) is 5.82 Å². The first-order chi connectivity index (χ1) is 6.74. The Morgan fingerprint density at radius 3 is 2.79 bits per heavy atom. The summed E-state index contributed by atoms with van der Waals surface area (Å²) in [5, 5.41) is 0. The van der Waals surface area contributed by atoms with Crippen LogP contribution in [0.3, 0.4) is 0 Å². The van der Waals surface area contributed by atoms with Gasteiger partial charge < -0.3 is 5.73 Å². The molecule has 1 aromatic rings. The average Bonchev–Trinajstić information content (AvgIpc) is 2.18. The molecule has 14 heavy (non-hydrogen) atoms. The number of hydrogen-bond donors (Lipinski definition) is 1. The molecule has 76 valence electrons. The Morgan fingerprint density at radius 2 is 2.14 bits per heavy atom. The van der Waals surface area contributed by atoms with E-state index >= 15 is 0 Å². The van der Waals surface area contributed by atoms with E-state index < -0.39 is 0 Å². The van der Waals surface area contributed by atoms with Crippen LogP contribution in [-0.4, -0.2) is 6.54 Å². The monoisotopic (exact) mass is 193 g/mol. The maximum atomic E-state index is 13.2. The highest BCUT2D eigenvalue weighted by Crippen LogP contribution is 2.11. The van der Waals surface area contributed by atoms with Crippen LogP contribution in [0.1, 0.15) is 18.9 Å². The van der Waals surface area contributed by atoms with E-state index in [0.29, 0.717) is 13.0 Å². The number of benzene rings is 1. The maximum absolute atomic E-state index is 13.2. The Kier molecular flexibility index (Phi) is 4.33. The van der Waals surface area contributed by atoms with Gasteiger partial charge in [-0.3, -0.25) is 0 Å². The first-order valence-electron chi connectivity index (χ1n) is 4.83. The molecular weight excluding hydrogens is 177 g/mol. The molecule has 0 unspecified atom stereocenters. The fraction of sp³-hybridized carbons (Fsp3) is 0.333. The molecule has 0 aliphatic heterocycles. The molecule has 0 aliphatic carbocycles. The highest BCUT2D eigenvalue weighted by Gasteiger charge is 2.00. The van der Waals surface area contributed by atoms with Crippen LogP contribution in [0.15, 0.2) is 35.9 Å². The Bertz CT molecular complexity index is 318. The minimum Gasteiger partial charge on any atom is -0.330 e. The Hall–Kier alpha value is -1.15. The van der Waals surface area contributed by atoms with Crippen molar-refractivity contribution in [2.45, 2.75) is 19.8 Å². The highest BCUT2D eigenvalue weighted by atomic mass is 19.1. The van der Waals surface area contributed by atoms with Gasteiger partial charge in [-0.2, -0.15) is 0 Å². The van der Waals surface area contributed by atoms with E-state index in [9.17, 15) is 4.39 Å². The molecule has 0 atom stereocenters. The van der Waals surface area contributed by atoms with Crippen LogP contribution in [0.2, 0.25) is 0 Å². The molecule has 1 aromatic carbocycles. The predicted molar refractivity (Wildman–Crippen MR) is 57.5 cm³/mol. The fourth-order valence-corrected chi connectivity index (χ4v) is 1.34. The molecule has 1 nitrogen and oxygen atoms in total. The van der Waals surface area contributed by atoms with E-state index in [1.807, 2.05) is 19.1 Å². The van der Waals surface area contributed by atoms with Crippen molar-refractivity contribution in [3.63, 3.8) is 0 Å². The zero-order valence-corrected chi connectivity index (χ0v) is 8.46. The molecule has 2 heteroatoms. The number of halogens is 1. The second-order valence-electron chi connectivity index (χ2n) is 3.40. The van der Waals surface area contributed by atoms with Crippen molar-refractivity contribution >= 4 is 0 Å². The first kappa shape index (κ1) is 10.9. The lowest BCUT2D eigenvalue weighted by atomic mass is 10.1. The average molecular weight is 193 g/mol. The first-order valence-corrected chi connectivity index (χ1v) is 4.83. The van der Waals surface area contributed by atoms with Crippen LogP contribution in [-0.2, 0) is 6.42 Å². The van der Waals surface area contributed by atoms with Crippen LogP contribution in [0.4, 0.5) is 4.39 Å². The summed E-state index contributed by atoms with van der Waals surface area (Å²) < 4.78 is 13.2. The number of nitrogens with two attached hydrogens (primary N) is 1. The fourth-order valence-electron chi connectivity index (χ4n) is 1.34. The van der Waals surface area contributed by atoms with Gasteiger partial charge in [0.1, 0.15) is 5.82 Å². The summed E-state index contributed by atoms with van der Waals surface area (Å²) in [6.07, 6.45) is 3.60. The van der Waals surface area contributed by atoms with E-state index in [1.54, 1.807) is 6.07 Å². The van der Waals surface area contributed by atoms with Crippen molar-refractivity contribution in [3.8, 4) is 0 Å². The Balaban J connectivity index is 2.64. The minimum atomic E-state index is -0.131. The van der Waals surface area contributed by atoms with Gasteiger partial charge in [0.05, 0.1) is 0 Å². The number of rotatable bonds is 4.